The van der Waals surface area contributed by atoms with Crippen LogP contribution in [0.1, 0.15) is 0 Å². The van der Waals surface area contributed by atoms with Gasteiger partial charge in [0.05, 0.1) is 12.7 Å². The molecule has 0 aliphatic carbocycles. The second kappa shape index (κ2) is 9.66. The molecule has 0 atom stereocenters. The van der Waals surface area contributed by atoms with Crippen molar-refractivity contribution in [2.24, 2.45) is 28.2 Å². The van der Waals surface area contributed by atoms with Gasteiger partial charge in [-0.05, 0) is 0 Å². The normalized spacial score (nSPS) is 11.3. The molecule has 0 bridgehead atoms. The van der Waals surface area contributed by atoms with Crippen LogP contribution in [0.25, 0.3) is 22.3 Å². The second-order valence-corrected chi connectivity index (χ2v) is 8.95. The van der Waals surface area contributed by atoms with Gasteiger partial charge in [-0.3, -0.25) is 43.5 Å². The Morgan fingerprint density at radius 1 is 0.732 bits per heavy atom. The number of aryl methyl sites for hydroxylation is 3. The Morgan fingerprint density at radius 2 is 1.29 bits per heavy atom. The lowest BCUT2D eigenvalue weighted by Gasteiger charge is -2.10. The number of carbonyl (C=O) groups is 2. The predicted octanol–water partition coefficient (Wildman–Crippen LogP) is -3.77. The molecule has 2 amide bonds. The van der Waals surface area contributed by atoms with Gasteiger partial charge in [0, 0.05) is 28.2 Å². The lowest BCUT2D eigenvalue weighted by Crippen LogP contribution is -2.42. The van der Waals surface area contributed by atoms with Crippen LogP contribution in [0.15, 0.2) is 31.8 Å². The molecule has 41 heavy (non-hydrogen) atoms. The number of fused-ring (bicyclic) bond motifs is 2. The Kier molecular flexibility index (Phi) is 6.28. The number of hydrogen-bond acceptors (Lipinski definition) is 12. The predicted molar refractivity (Wildman–Crippen MR) is 142 cm³/mol. The summed E-state index contributed by atoms with van der Waals surface area (Å²) in [6.45, 7) is -1.08. The molecular weight excluding hydrogens is 544 g/mol. The number of imidazole rings is 2. The second-order valence-electron chi connectivity index (χ2n) is 8.95. The summed E-state index contributed by atoms with van der Waals surface area (Å²) in [6.07, 6.45) is 2.60. The minimum atomic E-state index is -0.833. The highest BCUT2D eigenvalue weighted by Gasteiger charge is 2.19. The molecule has 0 saturated carbocycles. The van der Waals surface area contributed by atoms with Crippen LogP contribution in [-0.2, 0) is 50.9 Å². The van der Waals surface area contributed by atoms with Crippen molar-refractivity contribution in [2.45, 2.75) is 13.1 Å². The number of amides is 2. The molecule has 0 fully saturated rings. The van der Waals surface area contributed by atoms with Crippen LogP contribution in [0, 0.1) is 0 Å². The average Bonchev–Trinajstić information content (AvgIpc) is 3.50. The van der Waals surface area contributed by atoms with E-state index in [0.717, 1.165) is 13.7 Å². The van der Waals surface area contributed by atoms with Crippen molar-refractivity contribution in [3.63, 3.8) is 0 Å². The molecule has 5 aromatic heterocycles. The minimum Gasteiger partial charge on any atom is -0.368 e. The summed E-state index contributed by atoms with van der Waals surface area (Å²) in [5, 5.41) is 4.70. The number of nitrogen functional groups attached to an aromatic ring is 1. The van der Waals surface area contributed by atoms with Crippen molar-refractivity contribution in [3.8, 4) is 0 Å². The molecule has 0 aliphatic heterocycles. The third-order valence-corrected chi connectivity index (χ3v) is 6.19. The van der Waals surface area contributed by atoms with Gasteiger partial charge >= 0.3 is 11.4 Å². The maximum atomic E-state index is 12.8. The van der Waals surface area contributed by atoms with E-state index >= 15 is 0 Å². The first-order chi connectivity index (χ1) is 19.4. The summed E-state index contributed by atoms with van der Waals surface area (Å²) in [5.74, 6) is -2.57. The Morgan fingerprint density at radius 3 is 1.95 bits per heavy atom. The van der Waals surface area contributed by atoms with E-state index in [0.29, 0.717) is 0 Å². The third kappa shape index (κ3) is 4.51. The molecule has 4 N–H and O–H groups in total. The van der Waals surface area contributed by atoms with Gasteiger partial charge in [-0.25, -0.2) is 24.1 Å². The lowest BCUT2D eigenvalue weighted by atomic mass is 10.4. The Hall–Kier alpha value is -5.95. The van der Waals surface area contributed by atoms with Crippen molar-refractivity contribution in [2.75, 3.05) is 16.4 Å². The number of anilines is 3. The quantitative estimate of drug-likeness (QED) is 0.179. The summed E-state index contributed by atoms with van der Waals surface area (Å²) >= 11 is 0. The van der Waals surface area contributed by atoms with Gasteiger partial charge in [-0.2, -0.15) is 15.0 Å². The summed E-state index contributed by atoms with van der Waals surface area (Å²) in [7, 11) is 5.73. The fourth-order valence-electron chi connectivity index (χ4n) is 4.18. The molecule has 5 heterocycles. The van der Waals surface area contributed by atoms with Crippen LogP contribution in [-0.4, -0.2) is 64.1 Å². The largest absolute Gasteiger partial charge is 0.368 e. The molecule has 20 heteroatoms. The molecular formula is C21H22N14O6. The average molecular weight is 566 g/mol. The van der Waals surface area contributed by atoms with Crippen molar-refractivity contribution in [1.29, 1.82) is 0 Å². The minimum absolute atomic E-state index is 0.0264. The first-order valence-corrected chi connectivity index (χ1v) is 11.7. The molecule has 20 nitrogen and oxygen atoms in total. The number of aromatic nitrogens is 11. The number of rotatable bonds is 6. The maximum absolute atomic E-state index is 12.8. The fourth-order valence-corrected chi connectivity index (χ4v) is 4.18. The van der Waals surface area contributed by atoms with E-state index in [4.69, 9.17) is 5.73 Å². The molecule has 5 rings (SSSR count). The topological polar surface area (TPSA) is 247 Å². The van der Waals surface area contributed by atoms with E-state index in [-0.39, 0.29) is 40.2 Å². The van der Waals surface area contributed by atoms with E-state index in [1.54, 1.807) is 7.05 Å². The Bertz CT molecular complexity index is 2140. The van der Waals surface area contributed by atoms with Crippen molar-refractivity contribution >= 4 is 52.0 Å². The molecule has 0 aromatic carbocycles. The van der Waals surface area contributed by atoms with Crippen molar-refractivity contribution in [1.82, 2.24) is 52.3 Å². The molecule has 212 valence electrons. The monoisotopic (exact) mass is 566 g/mol. The zero-order valence-corrected chi connectivity index (χ0v) is 22.0. The SMILES string of the molecule is Cn1c(=O)c2c(ncn2CC(=O)Nc2nc(N)nc(NC(=O)Cn3c(=O)c4c(ncn4C)n(C)c3=O)n2)n(C)c1=O. The highest BCUT2D eigenvalue weighted by molar-refractivity contribution is 5.91. The molecule has 0 spiro atoms. The Labute approximate surface area is 226 Å². The number of carbonyl (C=O) groups excluding carboxylic acids is 2. The van der Waals surface area contributed by atoms with Gasteiger partial charge < -0.3 is 14.9 Å². The van der Waals surface area contributed by atoms with Gasteiger partial charge in [-0.15, -0.1) is 0 Å². The van der Waals surface area contributed by atoms with E-state index in [2.05, 4.69) is 35.6 Å². The number of hydrogen-bond donors (Lipinski definition) is 3. The highest BCUT2D eigenvalue weighted by atomic mass is 16.2. The van der Waals surface area contributed by atoms with Crippen LogP contribution in [0.2, 0.25) is 0 Å². The fraction of sp³-hybridized carbons (Fsp3) is 0.286. The van der Waals surface area contributed by atoms with Crippen LogP contribution in [0.5, 0.6) is 0 Å². The first-order valence-electron chi connectivity index (χ1n) is 11.7. The van der Waals surface area contributed by atoms with Gasteiger partial charge in [0.1, 0.15) is 13.1 Å². The van der Waals surface area contributed by atoms with E-state index in [1.165, 1.54) is 47.5 Å². The van der Waals surface area contributed by atoms with Crippen LogP contribution < -0.4 is 38.9 Å². The van der Waals surface area contributed by atoms with E-state index in [1.807, 2.05) is 0 Å². The van der Waals surface area contributed by atoms with Gasteiger partial charge in [-0.1, -0.05) is 0 Å². The zero-order chi connectivity index (χ0) is 29.7. The maximum Gasteiger partial charge on any atom is 0.332 e. The summed E-state index contributed by atoms with van der Waals surface area (Å²) < 4.78 is 6.60. The van der Waals surface area contributed by atoms with Crippen LogP contribution in [0.4, 0.5) is 17.8 Å². The zero-order valence-electron chi connectivity index (χ0n) is 22.0. The lowest BCUT2D eigenvalue weighted by molar-refractivity contribution is -0.117. The number of nitrogens with zero attached hydrogens (tertiary/aromatic N) is 11. The van der Waals surface area contributed by atoms with Gasteiger partial charge in [0.25, 0.3) is 11.1 Å². The molecule has 0 radical (unpaired) electrons. The third-order valence-electron chi connectivity index (χ3n) is 6.19. The molecule has 0 aliphatic rings. The van der Waals surface area contributed by atoms with Gasteiger partial charge in [0.15, 0.2) is 22.3 Å². The standard InChI is InChI=1S/C21H22N14O6/c1-30-7-23-13-11(30)16(39)35(21(41)32(13)3)6-10(37)26-19-28-17(22)27-18(29-19)25-9(36)5-34-8-24-14-12(34)15(38)33(4)20(40)31(14)2/h7-8H,5-6H2,1-4H3,(H4,22,25,26,27,28,29,36,37). The Balaban J connectivity index is 1.35. The summed E-state index contributed by atoms with van der Waals surface area (Å²) in [4.78, 5) is 95.3. The van der Waals surface area contributed by atoms with E-state index in [9.17, 15) is 28.8 Å². The first kappa shape index (κ1) is 26.6. The summed E-state index contributed by atoms with van der Waals surface area (Å²) in [6, 6.07) is 0. The number of nitrogens with two attached hydrogens (primary N) is 1. The smallest absolute Gasteiger partial charge is 0.332 e. The van der Waals surface area contributed by atoms with Crippen molar-refractivity contribution < 1.29 is 9.59 Å². The number of nitrogens with one attached hydrogen (secondary N) is 2. The van der Waals surface area contributed by atoms with Crippen LogP contribution in [0.3, 0.4) is 0 Å². The van der Waals surface area contributed by atoms with E-state index < -0.39 is 47.4 Å². The van der Waals surface area contributed by atoms with Crippen LogP contribution >= 0.6 is 0 Å². The molecule has 0 unspecified atom stereocenters. The highest BCUT2D eigenvalue weighted by Crippen LogP contribution is 2.09. The van der Waals surface area contributed by atoms with Gasteiger partial charge in [0.2, 0.25) is 29.7 Å². The molecule has 5 aromatic rings. The van der Waals surface area contributed by atoms with Crippen molar-refractivity contribution in [3.05, 3.63) is 54.3 Å². The summed E-state index contributed by atoms with van der Waals surface area (Å²) in [5.41, 5.74) is 3.42. The molecule has 0 saturated heterocycles.